The lowest BCUT2D eigenvalue weighted by Crippen LogP contribution is -2.68. The molecular formula is C23H45N5O14. The van der Waals surface area contributed by atoms with Crippen LogP contribution in [-0.2, 0) is 28.4 Å². The van der Waals surface area contributed by atoms with Gasteiger partial charge < -0.3 is 97.9 Å². The number of aliphatic hydroxyl groups is 8. The molecule has 3 heterocycles. The lowest BCUT2D eigenvalue weighted by atomic mass is 9.84. The minimum Gasteiger partial charge on any atom is -0.394 e. The van der Waals surface area contributed by atoms with Gasteiger partial charge in [0.05, 0.1) is 31.4 Å². The van der Waals surface area contributed by atoms with Gasteiger partial charge in [0, 0.05) is 18.6 Å². The van der Waals surface area contributed by atoms with Crippen LogP contribution in [0.2, 0.25) is 0 Å². The first-order valence-electron chi connectivity index (χ1n) is 13.8. The summed E-state index contributed by atoms with van der Waals surface area (Å²) in [5.74, 6) is 0. The summed E-state index contributed by atoms with van der Waals surface area (Å²) in [5.41, 5.74) is 29.9. The molecule has 0 bridgehead atoms. The normalized spacial score (nSPS) is 53.8. The van der Waals surface area contributed by atoms with Gasteiger partial charge in [-0.15, -0.1) is 0 Å². The third kappa shape index (κ3) is 6.60. The highest BCUT2D eigenvalue weighted by atomic mass is 16.8. The summed E-state index contributed by atoms with van der Waals surface area (Å²) in [4.78, 5) is 0. The second-order valence-electron chi connectivity index (χ2n) is 11.2. The van der Waals surface area contributed by atoms with Gasteiger partial charge in [0.15, 0.2) is 18.9 Å². The number of hydrogen-bond acceptors (Lipinski definition) is 19. The Labute approximate surface area is 240 Å². The van der Waals surface area contributed by atoms with Gasteiger partial charge in [0.25, 0.3) is 0 Å². The van der Waals surface area contributed by atoms with E-state index in [0.29, 0.717) is 0 Å². The number of hydrogen-bond donors (Lipinski definition) is 13. The molecule has 0 aromatic heterocycles. The topological polar surface area (TPSA) is 347 Å². The van der Waals surface area contributed by atoms with Gasteiger partial charge in [-0.1, -0.05) is 0 Å². The predicted octanol–water partition coefficient (Wildman–Crippen LogP) is -8.86. The Morgan fingerprint density at radius 3 is 1.55 bits per heavy atom. The molecule has 4 aliphatic rings. The van der Waals surface area contributed by atoms with E-state index in [1.54, 1.807) is 0 Å². The monoisotopic (exact) mass is 615 g/mol. The molecule has 0 amide bonds. The first-order valence-corrected chi connectivity index (χ1v) is 13.8. The van der Waals surface area contributed by atoms with E-state index in [9.17, 15) is 40.9 Å². The van der Waals surface area contributed by atoms with Crippen molar-refractivity contribution >= 4 is 0 Å². The van der Waals surface area contributed by atoms with Crippen LogP contribution in [0.5, 0.6) is 0 Å². The average molecular weight is 616 g/mol. The molecule has 1 aliphatic carbocycles. The van der Waals surface area contributed by atoms with E-state index in [4.69, 9.17) is 57.1 Å². The maximum absolute atomic E-state index is 11.1. The van der Waals surface area contributed by atoms with E-state index < -0.39 is 129 Å². The zero-order valence-electron chi connectivity index (χ0n) is 22.7. The van der Waals surface area contributed by atoms with Gasteiger partial charge >= 0.3 is 0 Å². The molecule has 19 nitrogen and oxygen atoms in total. The number of nitrogens with two attached hydrogens (primary N) is 5. The first kappa shape index (κ1) is 34.1. The molecule has 19 heteroatoms. The molecule has 3 aliphatic heterocycles. The SMILES string of the molecule is NC[C@@H]1O[C@H](O[C@H]2[C@H](O)[C@H](O[C@H]3[C@@H](O)[C@H](N)C[C@H](N)[C@H]3O[C@@H]3O[C@H](CO)[C@@H](O)[C@@H](O)[C@H]3N)O[C@@H]2CO)[C@@H](N)[C@@H](O)[C@@H]1O. The van der Waals surface area contributed by atoms with Crippen molar-refractivity contribution in [1.29, 1.82) is 0 Å². The van der Waals surface area contributed by atoms with Gasteiger partial charge in [0.2, 0.25) is 0 Å². The van der Waals surface area contributed by atoms with Crippen LogP contribution in [0.4, 0.5) is 0 Å². The van der Waals surface area contributed by atoms with Crippen molar-refractivity contribution in [2.24, 2.45) is 28.7 Å². The predicted molar refractivity (Wildman–Crippen MR) is 136 cm³/mol. The summed E-state index contributed by atoms with van der Waals surface area (Å²) in [7, 11) is 0. The highest BCUT2D eigenvalue weighted by Gasteiger charge is 2.54. The highest BCUT2D eigenvalue weighted by molar-refractivity contribution is 5.02. The van der Waals surface area contributed by atoms with E-state index in [-0.39, 0.29) is 13.0 Å². The van der Waals surface area contributed by atoms with E-state index >= 15 is 0 Å². The summed E-state index contributed by atoms with van der Waals surface area (Å²) in [6.45, 7) is -1.49. The molecular weight excluding hydrogens is 570 g/mol. The summed E-state index contributed by atoms with van der Waals surface area (Å²) >= 11 is 0. The summed E-state index contributed by atoms with van der Waals surface area (Å²) in [5, 5.41) is 82.3. The summed E-state index contributed by atoms with van der Waals surface area (Å²) in [6, 6.07) is -4.30. The third-order valence-corrected chi connectivity index (χ3v) is 8.32. The van der Waals surface area contributed by atoms with Crippen LogP contribution in [0, 0.1) is 0 Å². The van der Waals surface area contributed by atoms with Crippen LogP contribution in [0.1, 0.15) is 6.42 Å². The molecule has 0 aromatic carbocycles. The van der Waals surface area contributed by atoms with E-state index in [2.05, 4.69) is 0 Å². The molecule has 19 atom stereocenters. The third-order valence-electron chi connectivity index (χ3n) is 8.32. The molecule has 42 heavy (non-hydrogen) atoms. The fraction of sp³-hybridized carbons (Fsp3) is 1.00. The standard InChI is InChI=1S/C23H45N5O14/c24-2-7-13(32)15(34)10(27)21(37-7)41-19-9(4-30)39-23(17(19)36)42-20-12(31)5(25)1-6(26)18(20)40-22-11(28)16(35)14(33)8(3-29)38-22/h5-23,29-36H,1-4,24-28H2/t5-,6+,7+,8-,9-,10+,11-,12+,13-,14-,15-,16+,17+,18-,19-,20+,21-,22+,23+/m1/s1. The average Bonchev–Trinajstić information content (AvgIpc) is 3.27. The van der Waals surface area contributed by atoms with Gasteiger partial charge in [-0.05, 0) is 6.42 Å². The van der Waals surface area contributed by atoms with Crippen LogP contribution in [0.3, 0.4) is 0 Å². The lowest BCUT2D eigenvalue weighted by Gasteiger charge is -2.47. The lowest BCUT2D eigenvalue weighted by molar-refractivity contribution is -0.310. The molecule has 0 spiro atoms. The Morgan fingerprint density at radius 1 is 0.524 bits per heavy atom. The fourth-order valence-electron chi connectivity index (χ4n) is 5.70. The Bertz CT molecular complexity index is 866. The van der Waals surface area contributed by atoms with Crippen molar-refractivity contribution in [2.45, 2.75) is 123 Å². The van der Waals surface area contributed by atoms with Crippen molar-refractivity contribution < 1.29 is 69.3 Å². The molecule has 246 valence electrons. The van der Waals surface area contributed by atoms with Crippen LogP contribution in [-0.4, -0.2) is 177 Å². The van der Waals surface area contributed by atoms with Gasteiger partial charge in [-0.3, -0.25) is 0 Å². The van der Waals surface area contributed by atoms with E-state index in [0.717, 1.165) is 0 Å². The summed E-state index contributed by atoms with van der Waals surface area (Å²) < 4.78 is 34.4. The maximum atomic E-state index is 11.1. The molecule has 4 rings (SSSR count). The second kappa shape index (κ2) is 14.1. The van der Waals surface area contributed by atoms with Gasteiger partial charge in [-0.2, -0.15) is 0 Å². The zero-order valence-corrected chi connectivity index (χ0v) is 22.7. The molecule has 18 N–H and O–H groups in total. The van der Waals surface area contributed by atoms with E-state index in [1.807, 2.05) is 0 Å². The Morgan fingerprint density at radius 2 is 1.00 bits per heavy atom. The van der Waals surface area contributed by atoms with Crippen molar-refractivity contribution in [3.8, 4) is 0 Å². The quantitative estimate of drug-likeness (QED) is 0.114. The molecule has 0 radical (unpaired) electrons. The number of ether oxygens (including phenoxy) is 6. The largest absolute Gasteiger partial charge is 0.394 e. The Hall–Kier alpha value is -0.760. The van der Waals surface area contributed by atoms with E-state index in [1.165, 1.54) is 0 Å². The minimum atomic E-state index is -1.62. The molecule has 1 saturated carbocycles. The van der Waals surface area contributed by atoms with Crippen molar-refractivity contribution in [3.05, 3.63) is 0 Å². The Balaban J connectivity index is 1.50. The number of aliphatic hydroxyl groups excluding tert-OH is 8. The number of rotatable bonds is 9. The molecule has 4 fully saturated rings. The van der Waals surface area contributed by atoms with Crippen LogP contribution < -0.4 is 28.7 Å². The van der Waals surface area contributed by atoms with Crippen molar-refractivity contribution in [3.63, 3.8) is 0 Å². The fourth-order valence-corrected chi connectivity index (χ4v) is 5.70. The van der Waals surface area contributed by atoms with Crippen LogP contribution >= 0.6 is 0 Å². The second-order valence-corrected chi connectivity index (χ2v) is 11.2. The molecule has 0 unspecified atom stereocenters. The van der Waals surface area contributed by atoms with Crippen LogP contribution in [0.25, 0.3) is 0 Å². The van der Waals surface area contributed by atoms with Crippen molar-refractivity contribution in [1.82, 2.24) is 0 Å². The smallest absolute Gasteiger partial charge is 0.187 e. The minimum absolute atomic E-state index is 0.0642. The molecule has 3 saturated heterocycles. The Kier molecular flexibility index (Phi) is 11.5. The highest BCUT2D eigenvalue weighted by Crippen LogP contribution is 2.34. The zero-order chi connectivity index (χ0) is 31.0. The van der Waals surface area contributed by atoms with Crippen molar-refractivity contribution in [2.75, 3.05) is 19.8 Å². The maximum Gasteiger partial charge on any atom is 0.187 e. The van der Waals surface area contributed by atoms with Crippen LogP contribution in [0.15, 0.2) is 0 Å². The molecule has 0 aromatic rings. The summed E-state index contributed by atoms with van der Waals surface area (Å²) in [6.07, 6.45) is -20.5. The van der Waals surface area contributed by atoms with Gasteiger partial charge in [-0.25, -0.2) is 0 Å². The first-order chi connectivity index (χ1) is 19.8. The van der Waals surface area contributed by atoms with Gasteiger partial charge in [0.1, 0.15) is 67.1 Å².